The fraction of sp³-hybridized carbons (Fsp3) is 0.111. The molecule has 1 heterocycles. The molecule has 122 valence electrons. The molecule has 6 heteroatoms. The summed E-state index contributed by atoms with van der Waals surface area (Å²) in [6.45, 7) is 0.771. The molecule has 1 aliphatic rings. The van der Waals surface area contributed by atoms with Gasteiger partial charge in [-0.1, -0.05) is 54.3 Å². The van der Waals surface area contributed by atoms with Crippen molar-refractivity contribution in [2.45, 2.75) is 0 Å². The Balaban J connectivity index is 1.63. The molecule has 2 aromatic carbocycles. The van der Waals surface area contributed by atoms with Gasteiger partial charge in [-0.05, 0) is 35.9 Å². The van der Waals surface area contributed by atoms with Crippen molar-refractivity contribution in [1.82, 2.24) is 4.90 Å². The molecular weight excluding hydrogens is 342 g/mol. The molecule has 0 aromatic heterocycles. The first kappa shape index (κ1) is 16.5. The molecule has 2 aromatic rings. The number of amides is 1. The van der Waals surface area contributed by atoms with Gasteiger partial charge in [-0.2, -0.15) is 0 Å². The average molecular weight is 357 g/mol. The Morgan fingerprint density at radius 2 is 1.96 bits per heavy atom. The van der Waals surface area contributed by atoms with Gasteiger partial charge in [-0.15, -0.1) is 0 Å². The number of thioether (sulfide) groups is 1. The molecule has 4 nitrogen and oxygen atoms in total. The molecule has 3 rings (SSSR count). The third-order valence-electron chi connectivity index (χ3n) is 3.37. The summed E-state index contributed by atoms with van der Waals surface area (Å²) in [5.41, 5.74) is 0.760. The number of phenolic OH excluding ortho intramolecular Hbond substituents is 1. The van der Waals surface area contributed by atoms with E-state index in [9.17, 15) is 9.90 Å². The summed E-state index contributed by atoms with van der Waals surface area (Å²) in [5, 5.41) is 9.51. The molecule has 0 radical (unpaired) electrons. The highest BCUT2D eigenvalue weighted by molar-refractivity contribution is 8.26. The lowest BCUT2D eigenvalue weighted by Crippen LogP contribution is -2.32. The molecule has 24 heavy (non-hydrogen) atoms. The number of rotatable bonds is 5. The summed E-state index contributed by atoms with van der Waals surface area (Å²) in [6.07, 6.45) is 1.73. The Labute approximate surface area is 149 Å². The quantitative estimate of drug-likeness (QED) is 0.654. The second-order valence-electron chi connectivity index (χ2n) is 5.09. The Morgan fingerprint density at radius 1 is 1.17 bits per heavy atom. The predicted octanol–water partition coefficient (Wildman–Crippen LogP) is 3.67. The third-order valence-corrected chi connectivity index (χ3v) is 4.75. The van der Waals surface area contributed by atoms with Crippen LogP contribution in [0, 0.1) is 0 Å². The molecule has 1 fully saturated rings. The van der Waals surface area contributed by atoms with E-state index in [4.69, 9.17) is 17.0 Å². The van der Waals surface area contributed by atoms with Crippen LogP contribution in [0.1, 0.15) is 5.56 Å². The maximum atomic E-state index is 12.5. The van der Waals surface area contributed by atoms with Gasteiger partial charge in [0, 0.05) is 0 Å². The lowest BCUT2D eigenvalue weighted by Gasteiger charge is -2.14. The van der Waals surface area contributed by atoms with Gasteiger partial charge in [-0.25, -0.2) is 0 Å². The fourth-order valence-corrected chi connectivity index (χ4v) is 3.54. The van der Waals surface area contributed by atoms with Crippen LogP contribution in [0.2, 0.25) is 0 Å². The normalized spacial score (nSPS) is 16.0. The van der Waals surface area contributed by atoms with E-state index >= 15 is 0 Å². The summed E-state index contributed by atoms with van der Waals surface area (Å²) < 4.78 is 6.14. The summed E-state index contributed by atoms with van der Waals surface area (Å²) in [4.78, 5) is 14.6. The smallest absolute Gasteiger partial charge is 0.266 e. The van der Waals surface area contributed by atoms with Crippen molar-refractivity contribution in [2.24, 2.45) is 0 Å². The van der Waals surface area contributed by atoms with E-state index in [0.29, 0.717) is 22.4 Å². The summed E-state index contributed by atoms with van der Waals surface area (Å²) >= 11 is 6.55. The van der Waals surface area contributed by atoms with E-state index in [0.717, 1.165) is 11.3 Å². The van der Waals surface area contributed by atoms with Crippen LogP contribution in [0.25, 0.3) is 6.08 Å². The zero-order chi connectivity index (χ0) is 16.9. The third kappa shape index (κ3) is 3.96. The maximum absolute atomic E-state index is 12.5. The highest BCUT2D eigenvalue weighted by Gasteiger charge is 2.31. The van der Waals surface area contributed by atoms with Gasteiger partial charge in [0.2, 0.25) is 0 Å². The summed E-state index contributed by atoms with van der Waals surface area (Å²) in [7, 11) is 0. The van der Waals surface area contributed by atoms with Crippen LogP contribution < -0.4 is 4.74 Å². The monoisotopic (exact) mass is 357 g/mol. The Bertz CT molecular complexity index is 790. The first-order valence-electron chi connectivity index (χ1n) is 7.36. The molecule has 0 bridgehead atoms. The van der Waals surface area contributed by atoms with E-state index in [1.54, 1.807) is 24.3 Å². The minimum Gasteiger partial charge on any atom is -0.508 e. The molecular formula is C18H15NO3S2. The van der Waals surface area contributed by atoms with Gasteiger partial charge >= 0.3 is 0 Å². The van der Waals surface area contributed by atoms with Crippen molar-refractivity contribution in [1.29, 1.82) is 0 Å². The van der Waals surface area contributed by atoms with E-state index in [-0.39, 0.29) is 11.7 Å². The number of carbonyl (C=O) groups is 1. The van der Waals surface area contributed by atoms with Gasteiger partial charge in [0.05, 0.1) is 11.4 Å². The second kappa shape index (κ2) is 7.51. The lowest BCUT2D eigenvalue weighted by atomic mass is 10.2. The zero-order valence-electron chi connectivity index (χ0n) is 12.7. The lowest BCUT2D eigenvalue weighted by molar-refractivity contribution is -0.122. The van der Waals surface area contributed by atoms with Crippen molar-refractivity contribution < 1.29 is 14.6 Å². The number of phenols is 1. The molecule has 0 atom stereocenters. The van der Waals surface area contributed by atoms with E-state index in [1.807, 2.05) is 36.4 Å². The summed E-state index contributed by atoms with van der Waals surface area (Å²) in [5.74, 6) is 0.790. The number of benzene rings is 2. The van der Waals surface area contributed by atoms with Gasteiger partial charge in [0.25, 0.3) is 5.91 Å². The minimum absolute atomic E-state index is 0.134. The van der Waals surface area contributed by atoms with E-state index in [1.165, 1.54) is 16.7 Å². The van der Waals surface area contributed by atoms with Crippen LogP contribution in [0.15, 0.2) is 59.5 Å². The van der Waals surface area contributed by atoms with E-state index in [2.05, 4.69) is 0 Å². The molecule has 1 amide bonds. The van der Waals surface area contributed by atoms with Gasteiger partial charge in [0.1, 0.15) is 22.4 Å². The van der Waals surface area contributed by atoms with Crippen LogP contribution in [-0.2, 0) is 4.79 Å². The van der Waals surface area contributed by atoms with Crippen molar-refractivity contribution >= 4 is 40.3 Å². The number of para-hydroxylation sites is 1. The van der Waals surface area contributed by atoms with Crippen LogP contribution in [0.4, 0.5) is 0 Å². The predicted molar refractivity (Wildman–Crippen MR) is 99.9 cm³/mol. The number of hydrogen-bond donors (Lipinski definition) is 1. The van der Waals surface area contributed by atoms with Crippen LogP contribution in [0.3, 0.4) is 0 Å². The van der Waals surface area contributed by atoms with Crippen molar-refractivity contribution in [3.8, 4) is 11.5 Å². The highest BCUT2D eigenvalue weighted by atomic mass is 32.2. The zero-order valence-corrected chi connectivity index (χ0v) is 14.3. The fourth-order valence-electron chi connectivity index (χ4n) is 2.23. The van der Waals surface area contributed by atoms with Crippen molar-refractivity contribution in [3.05, 3.63) is 65.1 Å². The van der Waals surface area contributed by atoms with Gasteiger partial charge < -0.3 is 9.84 Å². The Hall–Kier alpha value is -2.31. The minimum atomic E-state index is -0.134. The number of ether oxygens (including phenoxy) is 1. The van der Waals surface area contributed by atoms with Crippen molar-refractivity contribution in [3.63, 3.8) is 0 Å². The Morgan fingerprint density at radius 3 is 2.71 bits per heavy atom. The molecule has 0 saturated carbocycles. The SMILES string of the molecule is O=C1/C(=C/c2cccc(O)c2)SC(=S)N1CCOc1ccccc1. The van der Waals surface area contributed by atoms with Gasteiger partial charge in [0.15, 0.2) is 0 Å². The standard InChI is InChI=1S/C18H15NO3S2/c20-14-6-4-5-13(11-14)12-16-17(21)19(18(23)24-16)9-10-22-15-7-2-1-3-8-15/h1-8,11-12,20H,9-10H2/b16-12-. The average Bonchev–Trinajstić information content (AvgIpc) is 2.83. The topological polar surface area (TPSA) is 49.8 Å². The maximum Gasteiger partial charge on any atom is 0.266 e. The van der Waals surface area contributed by atoms with Crippen LogP contribution in [-0.4, -0.2) is 33.4 Å². The van der Waals surface area contributed by atoms with Crippen molar-refractivity contribution in [2.75, 3.05) is 13.2 Å². The molecule has 1 aliphatic heterocycles. The number of hydrogen-bond acceptors (Lipinski definition) is 5. The van der Waals surface area contributed by atoms with E-state index < -0.39 is 0 Å². The number of carbonyl (C=O) groups excluding carboxylic acids is 1. The molecule has 0 spiro atoms. The summed E-state index contributed by atoms with van der Waals surface area (Å²) in [6, 6.07) is 16.2. The number of nitrogens with zero attached hydrogens (tertiary/aromatic N) is 1. The number of thiocarbonyl (C=S) groups is 1. The molecule has 0 unspecified atom stereocenters. The largest absolute Gasteiger partial charge is 0.508 e. The van der Waals surface area contributed by atoms with Gasteiger partial charge in [-0.3, -0.25) is 9.69 Å². The van der Waals surface area contributed by atoms with Crippen LogP contribution >= 0.6 is 24.0 Å². The first-order valence-corrected chi connectivity index (χ1v) is 8.58. The highest BCUT2D eigenvalue weighted by Crippen LogP contribution is 2.32. The Kier molecular flexibility index (Phi) is 5.17. The molecule has 0 aliphatic carbocycles. The second-order valence-corrected chi connectivity index (χ2v) is 6.77. The first-order chi connectivity index (χ1) is 11.6. The number of aromatic hydroxyl groups is 1. The molecule has 1 saturated heterocycles. The molecule has 1 N–H and O–H groups in total. The van der Waals surface area contributed by atoms with Crippen LogP contribution in [0.5, 0.6) is 11.5 Å².